The minimum absolute atomic E-state index is 0.480. The van der Waals surface area contributed by atoms with Gasteiger partial charge >= 0.3 is 0 Å². The second-order valence-electron chi connectivity index (χ2n) is 10.1. The minimum Gasteiger partial charge on any atom is -0.497 e. The second kappa shape index (κ2) is 10.7. The van der Waals surface area contributed by atoms with Gasteiger partial charge in [-0.15, -0.1) is 0 Å². The Bertz CT molecular complexity index is 1300. The lowest BCUT2D eigenvalue weighted by Gasteiger charge is -2.24. The highest BCUT2D eigenvalue weighted by Gasteiger charge is 2.24. The summed E-state index contributed by atoms with van der Waals surface area (Å²) in [5.74, 6) is 3.30. The zero-order chi connectivity index (χ0) is 25.1. The summed E-state index contributed by atoms with van der Waals surface area (Å²) >= 11 is 0. The summed E-state index contributed by atoms with van der Waals surface area (Å²) in [6, 6.07) is 18.7. The molecule has 7 nitrogen and oxygen atoms in total. The van der Waals surface area contributed by atoms with Crippen LogP contribution in [-0.2, 0) is 13.0 Å². The Morgan fingerprint density at radius 1 is 0.917 bits per heavy atom. The Hall–Kier alpha value is -3.45. The van der Waals surface area contributed by atoms with Crippen molar-refractivity contribution >= 4 is 16.9 Å². The fraction of sp³-hybridized carbons (Fsp3) is 0.414. The minimum atomic E-state index is 0.480. The number of nitrogens with zero attached hydrogens (tertiary/aromatic N) is 6. The van der Waals surface area contributed by atoms with Crippen molar-refractivity contribution in [2.45, 2.75) is 40.2 Å². The van der Waals surface area contributed by atoms with Gasteiger partial charge in [0.2, 0.25) is 0 Å². The zero-order valence-electron chi connectivity index (χ0n) is 21.8. The lowest BCUT2D eigenvalue weighted by atomic mass is 10.1. The van der Waals surface area contributed by atoms with E-state index < -0.39 is 0 Å². The number of ether oxygens (including phenoxy) is 1. The summed E-state index contributed by atoms with van der Waals surface area (Å²) < 4.78 is 7.29. The van der Waals surface area contributed by atoms with E-state index in [1.807, 2.05) is 35.0 Å². The Balaban J connectivity index is 1.45. The van der Waals surface area contributed by atoms with Gasteiger partial charge in [0.1, 0.15) is 17.4 Å². The molecular weight excluding hydrogens is 448 g/mol. The van der Waals surface area contributed by atoms with Crippen LogP contribution in [0.25, 0.3) is 16.7 Å². The Kier molecular flexibility index (Phi) is 7.18. The summed E-state index contributed by atoms with van der Waals surface area (Å²) in [7, 11) is 1.71. The third-order valence-electron chi connectivity index (χ3n) is 6.77. The third-order valence-corrected chi connectivity index (χ3v) is 6.77. The molecular formula is C29H36N6O. The Morgan fingerprint density at radius 2 is 1.69 bits per heavy atom. The molecule has 3 heterocycles. The Morgan fingerprint density at radius 3 is 2.42 bits per heavy atom. The van der Waals surface area contributed by atoms with Crippen LogP contribution in [0.1, 0.15) is 37.4 Å². The largest absolute Gasteiger partial charge is 0.497 e. The van der Waals surface area contributed by atoms with Gasteiger partial charge in [-0.1, -0.05) is 44.2 Å². The van der Waals surface area contributed by atoms with Crippen molar-refractivity contribution in [2.75, 3.05) is 38.2 Å². The molecule has 1 fully saturated rings. The van der Waals surface area contributed by atoms with E-state index in [1.54, 1.807) is 7.11 Å². The van der Waals surface area contributed by atoms with Gasteiger partial charge in [0.25, 0.3) is 0 Å². The van der Waals surface area contributed by atoms with E-state index in [2.05, 4.69) is 54.8 Å². The van der Waals surface area contributed by atoms with Gasteiger partial charge in [-0.05, 0) is 49.1 Å². The summed E-state index contributed by atoms with van der Waals surface area (Å²) in [4.78, 5) is 15.1. The van der Waals surface area contributed by atoms with Gasteiger partial charge in [0.05, 0.1) is 23.9 Å². The van der Waals surface area contributed by atoms with Crippen LogP contribution in [0.15, 0.2) is 54.6 Å². The van der Waals surface area contributed by atoms with Crippen molar-refractivity contribution in [2.24, 2.45) is 5.92 Å². The SMILES string of the molecule is COc1ccc(CN2CCCN(c3nc(CC(C)C)nc4c3c(C)nn4-c3ccccc3)CC2)cc1. The number of hydrogen-bond acceptors (Lipinski definition) is 6. The Labute approximate surface area is 213 Å². The fourth-order valence-electron chi connectivity index (χ4n) is 4.97. The van der Waals surface area contributed by atoms with Crippen LogP contribution in [0.2, 0.25) is 0 Å². The van der Waals surface area contributed by atoms with Gasteiger partial charge in [-0.3, -0.25) is 4.90 Å². The molecule has 1 saturated heterocycles. The first-order chi connectivity index (χ1) is 17.5. The molecule has 4 aromatic rings. The van der Waals surface area contributed by atoms with Crippen molar-refractivity contribution in [1.29, 1.82) is 0 Å². The summed E-state index contributed by atoms with van der Waals surface area (Å²) in [6.45, 7) is 11.4. The van der Waals surface area contributed by atoms with Gasteiger partial charge in [0, 0.05) is 39.1 Å². The van der Waals surface area contributed by atoms with E-state index >= 15 is 0 Å². The molecule has 0 amide bonds. The van der Waals surface area contributed by atoms with Crippen LogP contribution in [-0.4, -0.2) is 57.9 Å². The van der Waals surface area contributed by atoms with Gasteiger partial charge in [-0.25, -0.2) is 14.6 Å². The van der Waals surface area contributed by atoms with Gasteiger partial charge < -0.3 is 9.64 Å². The number of anilines is 1. The van der Waals surface area contributed by atoms with Gasteiger partial charge in [-0.2, -0.15) is 5.10 Å². The maximum atomic E-state index is 5.31. The number of aromatic nitrogens is 4. The van der Waals surface area contributed by atoms with Crippen LogP contribution < -0.4 is 9.64 Å². The van der Waals surface area contributed by atoms with Gasteiger partial charge in [0.15, 0.2) is 5.65 Å². The van der Waals surface area contributed by atoms with Crippen LogP contribution in [0.3, 0.4) is 0 Å². The number of para-hydroxylation sites is 1. The number of benzene rings is 2. The molecule has 2 aromatic carbocycles. The van der Waals surface area contributed by atoms with E-state index in [9.17, 15) is 0 Å². The molecule has 36 heavy (non-hydrogen) atoms. The maximum Gasteiger partial charge on any atom is 0.168 e. The molecule has 0 N–H and O–H groups in total. The summed E-state index contributed by atoms with van der Waals surface area (Å²) in [6.07, 6.45) is 1.94. The number of fused-ring (bicyclic) bond motifs is 1. The number of aryl methyl sites for hydroxylation is 1. The predicted octanol–water partition coefficient (Wildman–Crippen LogP) is 5.04. The van der Waals surface area contributed by atoms with Crippen LogP contribution in [0.4, 0.5) is 5.82 Å². The highest BCUT2D eigenvalue weighted by Crippen LogP contribution is 2.30. The summed E-state index contributed by atoms with van der Waals surface area (Å²) in [5.41, 5.74) is 4.21. The van der Waals surface area contributed by atoms with E-state index in [0.717, 1.165) is 85.4 Å². The van der Waals surface area contributed by atoms with Crippen molar-refractivity contribution in [3.05, 3.63) is 71.7 Å². The quantitative estimate of drug-likeness (QED) is 0.366. The smallest absolute Gasteiger partial charge is 0.168 e. The molecule has 2 aromatic heterocycles. The lowest BCUT2D eigenvalue weighted by molar-refractivity contribution is 0.285. The number of hydrogen-bond donors (Lipinski definition) is 0. The topological polar surface area (TPSA) is 59.3 Å². The lowest BCUT2D eigenvalue weighted by Crippen LogP contribution is -2.31. The van der Waals surface area contributed by atoms with Crippen molar-refractivity contribution in [1.82, 2.24) is 24.6 Å². The third kappa shape index (κ3) is 5.21. The molecule has 0 unspecified atom stereocenters. The van der Waals surface area contributed by atoms with Crippen LogP contribution in [0.5, 0.6) is 5.75 Å². The number of rotatable bonds is 7. The highest BCUT2D eigenvalue weighted by atomic mass is 16.5. The standard InChI is InChI=1S/C29H36N6O/c1-21(2)19-26-30-28(27-22(3)32-35(29(27)31-26)24-9-6-5-7-10-24)34-16-8-15-33(17-18-34)20-23-11-13-25(36-4)14-12-23/h5-7,9-14,21H,8,15-20H2,1-4H3. The molecule has 0 radical (unpaired) electrons. The average Bonchev–Trinajstić information content (AvgIpc) is 3.05. The molecule has 0 spiro atoms. The molecule has 0 bridgehead atoms. The molecule has 0 aliphatic carbocycles. The average molecular weight is 485 g/mol. The van der Waals surface area contributed by atoms with Crippen LogP contribution >= 0.6 is 0 Å². The monoisotopic (exact) mass is 484 g/mol. The second-order valence-corrected chi connectivity index (χ2v) is 10.1. The van der Waals surface area contributed by atoms with E-state index in [1.165, 1.54) is 5.56 Å². The molecule has 7 heteroatoms. The van der Waals surface area contributed by atoms with Crippen molar-refractivity contribution < 1.29 is 4.74 Å². The van der Waals surface area contributed by atoms with E-state index in [-0.39, 0.29) is 0 Å². The first-order valence-electron chi connectivity index (χ1n) is 12.9. The molecule has 1 aliphatic heterocycles. The first-order valence-corrected chi connectivity index (χ1v) is 12.9. The van der Waals surface area contributed by atoms with Crippen LogP contribution in [0, 0.1) is 12.8 Å². The first kappa shape index (κ1) is 24.3. The van der Waals surface area contributed by atoms with E-state index in [4.69, 9.17) is 19.8 Å². The zero-order valence-corrected chi connectivity index (χ0v) is 21.8. The summed E-state index contributed by atoms with van der Waals surface area (Å²) in [5, 5.41) is 5.98. The molecule has 188 valence electrons. The van der Waals surface area contributed by atoms with E-state index in [0.29, 0.717) is 5.92 Å². The molecule has 1 aliphatic rings. The van der Waals surface area contributed by atoms with Crippen molar-refractivity contribution in [3.63, 3.8) is 0 Å². The normalized spacial score (nSPS) is 15.0. The maximum absolute atomic E-state index is 5.31. The van der Waals surface area contributed by atoms with Crippen molar-refractivity contribution in [3.8, 4) is 11.4 Å². The number of methoxy groups -OCH3 is 1. The highest BCUT2D eigenvalue weighted by molar-refractivity contribution is 5.91. The molecule has 5 rings (SSSR count). The fourth-order valence-corrected chi connectivity index (χ4v) is 4.97. The predicted molar refractivity (Wildman–Crippen MR) is 145 cm³/mol. The molecule has 0 atom stereocenters. The molecule has 0 saturated carbocycles.